The van der Waals surface area contributed by atoms with Crippen molar-refractivity contribution in [3.63, 3.8) is 0 Å². The SMILES string of the molecule is COC(CNc1nc2c(s1)c1c(O)c3c(O)c(C)c4c(c32)C(=O)C(C)(O/C=C\C(OC)C(C)C(OC(C)=O)C(C)C(O)C(C)C(O)C(C)/C=C/C=C(/C)C(=O)N1)O4)OC. The summed E-state index contributed by atoms with van der Waals surface area (Å²) in [5, 5.41) is 52.7. The molecule has 6 N–H and O–H groups in total. The molecule has 0 spiro atoms. The summed E-state index contributed by atoms with van der Waals surface area (Å²) in [7, 11) is 4.41. The first-order valence-corrected chi connectivity index (χ1v) is 20.1. The number of fused-ring (bicyclic) bond motifs is 1. The number of ether oxygens (including phenoxy) is 6. The van der Waals surface area contributed by atoms with Gasteiger partial charge in [0.05, 0.1) is 52.3 Å². The lowest BCUT2D eigenvalue weighted by Gasteiger charge is -2.38. The summed E-state index contributed by atoms with van der Waals surface area (Å²) >= 11 is 1.08. The van der Waals surface area contributed by atoms with Crippen molar-refractivity contribution in [3.8, 4) is 17.2 Å². The molecule has 3 aromatic rings. The fourth-order valence-electron chi connectivity index (χ4n) is 7.63. The van der Waals surface area contributed by atoms with Crippen molar-refractivity contribution in [1.82, 2.24) is 4.98 Å². The summed E-state index contributed by atoms with van der Waals surface area (Å²) in [4.78, 5) is 45.4. The Morgan fingerprint density at radius 3 is 2.31 bits per heavy atom. The highest BCUT2D eigenvalue weighted by Gasteiger charge is 2.49. The van der Waals surface area contributed by atoms with Crippen LogP contribution in [-0.2, 0) is 33.3 Å². The van der Waals surface area contributed by atoms with E-state index in [0.717, 1.165) is 11.3 Å². The smallest absolute Gasteiger partial charge is 0.312 e. The number of phenolic OH excluding ortho intramolecular Hbond substituents is 2. The van der Waals surface area contributed by atoms with Crippen LogP contribution in [0.15, 0.2) is 36.1 Å². The molecule has 16 nitrogen and oxygen atoms in total. The third kappa shape index (κ3) is 8.76. The Balaban J connectivity index is 1.72. The van der Waals surface area contributed by atoms with Crippen molar-refractivity contribution >= 4 is 60.8 Å². The molecule has 17 heteroatoms. The van der Waals surface area contributed by atoms with E-state index in [4.69, 9.17) is 33.4 Å². The first kappa shape index (κ1) is 45.3. The van der Waals surface area contributed by atoms with Gasteiger partial charge in [-0.25, -0.2) is 4.98 Å². The number of methoxy groups -OCH3 is 3. The van der Waals surface area contributed by atoms with Gasteiger partial charge >= 0.3 is 11.8 Å². The Labute approximate surface area is 346 Å². The van der Waals surface area contributed by atoms with E-state index in [9.17, 15) is 34.8 Å². The van der Waals surface area contributed by atoms with Gasteiger partial charge in [0, 0.05) is 75.4 Å². The highest BCUT2D eigenvalue weighted by atomic mass is 32.1. The average molecular weight is 842 g/mol. The summed E-state index contributed by atoms with van der Waals surface area (Å²) in [5.74, 6) is -7.14. The lowest BCUT2D eigenvalue weighted by molar-refractivity contribution is -0.160. The summed E-state index contributed by atoms with van der Waals surface area (Å²) in [6.07, 6.45) is 3.13. The average Bonchev–Trinajstić information content (AvgIpc) is 3.75. The van der Waals surface area contributed by atoms with Crippen molar-refractivity contribution in [2.24, 2.45) is 23.7 Å². The molecule has 2 aromatic carbocycles. The molecule has 0 fully saturated rings. The van der Waals surface area contributed by atoms with Crippen LogP contribution in [0.25, 0.3) is 21.0 Å². The molecule has 5 rings (SSSR count). The van der Waals surface area contributed by atoms with Crippen molar-refractivity contribution in [2.45, 2.75) is 91.9 Å². The number of rotatable bonds is 7. The Kier molecular flexibility index (Phi) is 14.0. The van der Waals surface area contributed by atoms with Crippen LogP contribution in [-0.4, -0.2) is 107 Å². The standard InChI is InChI=1S/C42H55N3O13S/c1-18-13-12-14-19(2)40(52)44-31-35(50)28-27(30-38(31)59-41(45-30)43-17-26(54-10)55-11)29-37(23(6)34(28)49)58-42(8,39(29)51)56-16-15-25(53-9)20(3)36(57-24(7)46)22(5)33(48)21(4)32(18)47/h12-16,18,20-22,25-26,32-33,36,47-50H,17H2,1-11H3,(H,43,45)(H,44,52)/b13-12+,16-15-,19-14-. The van der Waals surface area contributed by atoms with Gasteiger partial charge in [0.2, 0.25) is 0 Å². The number of esters is 1. The number of nitrogens with one attached hydrogen (secondary N) is 2. The molecule has 9 atom stereocenters. The molecular weight excluding hydrogens is 787 g/mol. The van der Waals surface area contributed by atoms with Gasteiger partial charge in [0.1, 0.15) is 23.3 Å². The number of aromatic hydroxyl groups is 2. The molecule has 2 aliphatic rings. The van der Waals surface area contributed by atoms with Gasteiger partial charge in [0.15, 0.2) is 17.2 Å². The number of ketones is 1. The van der Waals surface area contributed by atoms with Gasteiger partial charge in [-0.2, -0.15) is 0 Å². The number of anilines is 2. The predicted octanol–water partition coefficient (Wildman–Crippen LogP) is 5.69. The van der Waals surface area contributed by atoms with E-state index in [1.165, 1.54) is 60.5 Å². The summed E-state index contributed by atoms with van der Waals surface area (Å²) in [5.41, 5.74) is 0.452. The number of thiazole rings is 1. The minimum Gasteiger partial charge on any atom is -0.507 e. The van der Waals surface area contributed by atoms with Crippen LogP contribution in [0.3, 0.4) is 0 Å². The number of aromatic nitrogens is 1. The highest BCUT2D eigenvalue weighted by molar-refractivity contribution is 7.23. The molecule has 59 heavy (non-hydrogen) atoms. The number of aliphatic hydroxyl groups is 2. The van der Waals surface area contributed by atoms with E-state index < -0.39 is 89.3 Å². The largest absolute Gasteiger partial charge is 0.507 e. The fraction of sp³-hybridized carbons (Fsp3) is 0.524. The molecule has 2 aliphatic heterocycles. The third-order valence-corrected chi connectivity index (χ3v) is 12.3. The van der Waals surface area contributed by atoms with E-state index in [1.807, 2.05) is 0 Å². The fourth-order valence-corrected chi connectivity index (χ4v) is 8.61. The molecule has 0 radical (unpaired) electrons. The lowest BCUT2D eigenvalue weighted by Crippen LogP contribution is -2.46. The number of nitrogens with zero attached hydrogens (tertiary/aromatic N) is 1. The molecule has 3 heterocycles. The summed E-state index contributed by atoms with van der Waals surface area (Å²) < 4.78 is 34.7. The zero-order valence-corrected chi connectivity index (χ0v) is 35.9. The normalized spacial score (nSPS) is 30.2. The van der Waals surface area contributed by atoms with Crippen LogP contribution in [0.4, 0.5) is 10.8 Å². The molecule has 1 amide bonds. The minimum absolute atomic E-state index is 0.00532. The van der Waals surface area contributed by atoms with Crippen LogP contribution in [0.5, 0.6) is 17.2 Å². The molecule has 0 aliphatic carbocycles. The summed E-state index contributed by atoms with van der Waals surface area (Å²) in [6.45, 7) is 12.9. The number of hydrogen-bond acceptors (Lipinski definition) is 16. The van der Waals surface area contributed by atoms with E-state index >= 15 is 0 Å². The zero-order chi connectivity index (χ0) is 43.7. The topological polar surface area (TPSA) is 224 Å². The number of benzene rings is 2. The van der Waals surface area contributed by atoms with Gasteiger partial charge in [-0.05, 0) is 19.9 Å². The van der Waals surface area contributed by atoms with Gasteiger partial charge < -0.3 is 59.5 Å². The van der Waals surface area contributed by atoms with E-state index in [0.29, 0.717) is 5.13 Å². The van der Waals surface area contributed by atoms with E-state index in [1.54, 1.807) is 46.8 Å². The molecule has 1 aromatic heterocycles. The molecule has 0 saturated carbocycles. The molecule has 4 bridgehead atoms. The van der Waals surface area contributed by atoms with Crippen molar-refractivity contribution in [3.05, 3.63) is 47.3 Å². The van der Waals surface area contributed by atoms with Crippen molar-refractivity contribution < 1.29 is 63.2 Å². The van der Waals surface area contributed by atoms with Gasteiger partial charge in [0.25, 0.3) is 11.7 Å². The Morgan fingerprint density at radius 1 is 1.00 bits per heavy atom. The maximum Gasteiger partial charge on any atom is 0.312 e. The Morgan fingerprint density at radius 2 is 1.68 bits per heavy atom. The lowest BCUT2D eigenvalue weighted by atomic mass is 9.78. The minimum atomic E-state index is -1.98. The molecule has 9 unspecified atom stereocenters. The quantitative estimate of drug-likeness (QED) is 0.0955. The number of allylic oxidation sites excluding steroid dienone is 2. The maximum absolute atomic E-state index is 14.6. The first-order chi connectivity index (χ1) is 27.8. The predicted molar refractivity (Wildman–Crippen MR) is 222 cm³/mol. The number of amides is 1. The van der Waals surface area contributed by atoms with Gasteiger partial charge in [-0.15, -0.1) is 0 Å². The Hall–Kier alpha value is -4.78. The third-order valence-electron chi connectivity index (χ3n) is 11.3. The van der Waals surface area contributed by atoms with E-state index in [2.05, 4.69) is 10.6 Å². The first-order valence-electron chi connectivity index (χ1n) is 19.3. The van der Waals surface area contributed by atoms with Crippen LogP contribution in [0.1, 0.15) is 64.4 Å². The van der Waals surface area contributed by atoms with Crippen molar-refractivity contribution in [1.29, 1.82) is 0 Å². The number of Topliss-reactive ketones (excluding diaryl/α,β-unsaturated/α-hetero) is 1. The number of hydrogen-bond donors (Lipinski definition) is 6. The van der Waals surface area contributed by atoms with Gasteiger partial charge in [-0.1, -0.05) is 57.3 Å². The van der Waals surface area contributed by atoms with Crippen LogP contribution < -0.4 is 15.4 Å². The number of carbonyl (C=O) groups excluding carboxylic acids is 3. The Bertz CT molecular complexity index is 2180. The second kappa shape index (κ2) is 18.2. The number of carbonyl (C=O) groups is 3. The van der Waals surface area contributed by atoms with Crippen LogP contribution in [0, 0.1) is 30.6 Å². The van der Waals surface area contributed by atoms with E-state index in [-0.39, 0.29) is 55.7 Å². The van der Waals surface area contributed by atoms with Crippen LogP contribution in [0.2, 0.25) is 0 Å². The van der Waals surface area contributed by atoms with Crippen LogP contribution >= 0.6 is 11.3 Å². The molecule has 322 valence electrons. The molecule has 0 saturated heterocycles. The van der Waals surface area contributed by atoms with Crippen molar-refractivity contribution in [2.75, 3.05) is 38.5 Å². The zero-order valence-electron chi connectivity index (χ0n) is 35.1. The molecular formula is C42H55N3O13S. The van der Waals surface area contributed by atoms with Gasteiger partial charge in [-0.3, -0.25) is 14.4 Å². The number of phenols is 2. The second-order valence-electron chi connectivity index (χ2n) is 15.3. The second-order valence-corrected chi connectivity index (χ2v) is 16.3. The highest BCUT2D eigenvalue weighted by Crippen LogP contribution is 2.55. The number of aliphatic hydroxyl groups excluding tert-OH is 2. The monoisotopic (exact) mass is 841 g/mol. The summed E-state index contributed by atoms with van der Waals surface area (Å²) in [6, 6.07) is 0. The maximum atomic E-state index is 14.6.